The molecule has 0 fully saturated rings. The monoisotopic (exact) mass is 422 g/mol. The van der Waals surface area contributed by atoms with Crippen LogP contribution in [0.5, 0.6) is 0 Å². The standard InChI is InChI=1S/C29H31BS/c1-27(2,3)16-17-14-21-26-23(15-17)31-22-13-9-12-20-25(22)30(26)24-18(28(20,4)5)10-8-11-19(24)29(21,6)7/h8-15H,16H2,1-7H3. The lowest BCUT2D eigenvalue weighted by Gasteiger charge is -2.49. The third-order valence-corrected chi connectivity index (χ3v) is 9.02. The van der Waals surface area contributed by atoms with Crippen LogP contribution in [0, 0.1) is 5.41 Å². The summed E-state index contributed by atoms with van der Waals surface area (Å²) in [6.45, 7) is 17.2. The Bertz CT molecular complexity index is 1270. The highest BCUT2D eigenvalue weighted by Crippen LogP contribution is 2.46. The Kier molecular flexibility index (Phi) is 3.75. The Balaban J connectivity index is 1.74. The average Bonchev–Trinajstić information content (AvgIpc) is 2.67. The van der Waals surface area contributed by atoms with E-state index in [1.54, 1.807) is 22.0 Å². The van der Waals surface area contributed by atoms with Crippen LogP contribution in [-0.2, 0) is 17.3 Å². The smallest absolute Gasteiger partial charge is 0.0911 e. The molecule has 6 rings (SSSR count). The van der Waals surface area contributed by atoms with E-state index in [0.717, 1.165) is 6.42 Å². The van der Waals surface area contributed by atoms with Crippen molar-refractivity contribution >= 4 is 34.9 Å². The number of benzene rings is 3. The largest absolute Gasteiger partial charge is 0.245 e. The highest BCUT2D eigenvalue weighted by atomic mass is 32.2. The van der Waals surface area contributed by atoms with Crippen molar-refractivity contribution < 1.29 is 0 Å². The van der Waals surface area contributed by atoms with Crippen molar-refractivity contribution in [1.82, 2.24) is 0 Å². The summed E-state index contributed by atoms with van der Waals surface area (Å²) < 4.78 is 0. The van der Waals surface area contributed by atoms with Gasteiger partial charge in [-0.15, -0.1) is 0 Å². The predicted octanol–water partition coefficient (Wildman–Crippen LogP) is 5.53. The van der Waals surface area contributed by atoms with Crippen molar-refractivity contribution in [2.24, 2.45) is 5.41 Å². The first kappa shape index (κ1) is 19.7. The lowest BCUT2D eigenvalue weighted by molar-refractivity contribution is 0.410. The van der Waals surface area contributed by atoms with Crippen LogP contribution in [0.25, 0.3) is 0 Å². The SMILES string of the molecule is CC(C)(C)Cc1cc2c3c(c1)C(C)(C)c1cccc4c1B3c1c(cccc1C4(C)C)S2. The Hall–Kier alpha value is -1.93. The summed E-state index contributed by atoms with van der Waals surface area (Å²) in [6, 6.07) is 19.2. The third kappa shape index (κ3) is 2.52. The highest BCUT2D eigenvalue weighted by Gasteiger charge is 2.51. The maximum Gasteiger partial charge on any atom is 0.245 e. The summed E-state index contributed by atoms with van der Waals surface area (Å²) >= 11 is 2.01. The van der Waals surface area contributed by atoms with Gasteiger partial charge < -0.3 is 0 Å². The van der Waals surface area contributed by atoms with E-state index >= 15 is 0 Å². The lowest BCUT2D eigenvalue weighted by atomic mass is 9.27. The van der Waals surface area contributed by atoms with Gasteiger partial charge in [-0.3, -0.25) is 0 Å². The van der Waals surface area contributed by atoms with Crippen LogP contribution in [0.3, 0.4) is 0 Å². The second-order valence-corrected chi connectivity index (χ2v) is 13.1. The molecule has 0 bridgehead atoms. The Morgan fingerprint density at radius 1 is 0.710 bits per heavy atom. The van der Waals surface area contributed by atoms with Crippen LogP contribution >= 0.6 is 11.8 Å². The van der Waals surface area contributed by atoms with E-state index < -0.39 is 0 Å². The minimum Gasteiger partial charge on any atom is -0.0911 e. The molecule has 0 radical (unpaired) electrons. The molecule has 2 heteroatoms. The predicted molar refractivity (Wildman–Crippen MR) is 136 cm³/mol. The van der Waals surface area contributed by atoms with Crippen LogP contribution in [-0.4, -0.2) is 6.71 Å². The molecule has 0 saturated heterocycles. The van der Waals surface area contributed by atoms with Crippen LogP contribution in [0.2, 0.25) is 0 Å². The highest BCUT2D eigenvalue weighted by molar-refractivity contribution is 8.00. The Labute approximate surface area is 191 Å². The Morgan fingerprint density at radius 2 is 1.26 bits per heavy atom. The summed E-state index contributed by atoms with van der Waals surface area (Å²) in [5.74, 6) is 0. The number of hydrogen-bond acceptors (Lipinski definition) is 1. The molecule has 3 aromatic carbocycles. The van der Waals surface area contributed by atoms with Crippen LogP contribution in [0.15, 0.2) is 58.3 Å². The molecule has 0 N–H and O–H groups in total. The van der Waals surface area contributed by atoms with Crippen LogP contribution in [0.1, 0.15) is 76.3 Å². The summed E-state index contributed by atoms with van der Waals surface area (Å²) in [7, 11) is 0. The molecule has 0 aromatic heterocycles. The normalized spacial score (nSPS) is 18.6. The quantitative estimate of drug-likeness (QED) is 0.363. The molecule has 31 heavy (non-hydrogen) atoms. The molecule has 156 valence electrons. The molecule has 0 amide bonds. The third-order valence-electron chi connectivity index (χ3n) is 7.89. The van der Waals surface area contributed by atoms with Gasteiger partial charge in [-0.2, -0.15) is 0 Å². The molecule has 0 aliphatic carbocycles. The maximum absolute atomic E-state index is 2.55. The van der Waals surface area contributed by atoms with Gasteiger partial charge in [0, 0.05) is 20.6 Å². The molecule has 3 aliphatic rings. The van der Waals surface area contributed by atoms with Gasteiger partial charge in [0.25, 0.3) is 0 Å². The lowest BCUT2D eigenvalue weighted by Crippen LogP contribution is -2.68. The number of hydrogen-bond donors (Lipinski definition) is 0. The molecule has 0 nitrogen and oxygen atoms in total. The van der Waals surface area contributed by atoms with Crippen molar-refractivity contribution in [3.8, 4) is 0 Å². The zero-order valence-corrected chi connectivity index (χ0v) is 20.6. The van der Waals surface area contributed by atoms with Gasteiger partial charge in [0.2, 0.25) is 6.71 Å². The van der Waals surface area contributed by atoms with E-state index in [2.05, 4.69) is 97.0 Å². The van der Waals surface area contributed by atoms with Crippen molar-refractivity contribution in [3.05, 3.63) is 76.3 Å². The second kappa shape index (κ2) is 5.90. The fourth-order valence-electron chi connectivity index (χ4n) is 6.58. The molecule has 3 aliphatic heterocycles. The van der Waals surface area contributed by atoms with E-state index in [1.807, 2.05) is 11.8 Å². The molecule has 3 aromatic rings. The zero-order chi connectivity index (χ0) is 21.9. The summed E-state index contributed by atoms with van der Waals surface area (Å²) in [4.78, 5) is 2.95. The van der Waals surface area contributed by atoms with Crippen molar-refractivity contribution in [3.63, 3.8) is 0 Å². The molecular weight excluding hydrogens is 391 g/mol. The fraction of sp³-hybridized carbons (Fsp3) is 0.379. The van der Waals surface area contributed by atoms with Gasteiger partial charge in [0.15, 0.2) is 0 Å². The van der Waals surface area contributed by atoms with E-state index in [1.165, 1.54) is 32.0 Å². The first-order chi connectivity index (χ1) is 14.5. The van der Waals surface area contributed by atoms with E-state index in [4.69, 9.17) is 0 Å². The van der Waals surface area contributed by atoms with E-state index in [0.29, 0.717) is 6.71 Å². The topological polar surface area (TPSA) is 0 Å². The molecule has 0 atom stereocenters. The first-order valence-corrected chi connectivity index (χ1v) is 12.4. The summed E-state index contributed by atoms with van der Waals surface area (Å²) in [5.41, 5.74) is 12.7. The minimum atomic E-state index is 0.0141. The first-order valence-electron chi connectivity index (χ1n) is 11.6. The van der Waals surface area contributed by atoms with Gasteiger partial charge >= 0.3 is 0 Å². The maximum atomic E-state index is 2.55. The van der Waals surface area contributed by atoms with Crippen molar-refractivity contribution in [2.75, 3.05) is 0 Å². The number of rotatable bonds is 1. The van der Waals surface area contributed by atoms with E-state index in [-0.39, 0.29) is 16.2 Å². The van der Waals surface area contributed by atoms with Gasteiger partial charge in [0.1, 0.15) is 0 Å². The van der Waals surface area contributed by atoms with Crippen LogP contribution in [0.4, 0.5) is 0 Å². The van der Waals surface area contributed by atoms with Gasteiger partial charge in [-0.25, -0.2) is 0 Å². The van der Waals surface area contributed by atoms with Crippen molar-refractivity contribution in [1.29, 1.82) is 0 Å². The molecule has 0 spiro atoms. The van der Waals surface area contributed by atoms with Crippen LogP contribution < -0.4 is 16.4 Å². The van der Waals surface area contributed by atoms with Gasteiger partial charge in [-0.05, 0) is 51.8 Å². The Morgan fingerprint density at radius 3 is 1.90 bits per heavy atom. The minimum absolute atomic E-state index is 0.0141. The van der Waals surface area contributed by atoms with Gasteiger partial charge in [0.05, 0.1) is 0 Å². The fourth-order valence-corrected chi connectivity index (χ4v) is 7.85. The molecular formula is C29H31BS. The average molecular weight is 422 g/mol. The van der Waals surface area contributed by atoms with Crippen molar-refractivity contribution in [2.45, 2.75) is 75.5 Å². The summed E-state index contributed by atoms with van der Waals surface area (Å²) in [6.07, 6.45) is 1.11. The molecule has 0 unspecified atom stereocenters. The van der Waals surface area contributed by atoms with E-state index in [9.17, 15) is 0 Å². The zero-order valence-electron chi connectivity index (χ0n) is 19.8. The second-order valence-electron chi connectivity index (χ2n) is 12.1. The molecule has 0 saturated carbocycles. The summed E-state index contributed by atoms with van der Waals surface area (Å²) in [5, 5.41) is 0. The van der Waals surface area contributed by atoms with Gasteiger partial charge in [-0.1, -0.05) is 113 Å². The molecule has 3 heterocycles.